The van der Waals surface area contributed by atoms with E-state index in [1.54, 1.807) is 12.2 Å². The maximum Gasteiger partial charge on any atom is 0.303 e. The van der Waals surface area contributed by atoms with Crippen LogP contribution in [0.3, 0.4) is 0 Å². The molecule has 29 heavy (non-hydrogen) atoms. The molecule has 0 aromatic heterocycles. The van der Waals surface area contributed by atoms with Gasteiger partial charge in [-0.15, -0.1) is 0 Å². The Morgan fingerprint density at radius 3 is 2.76 bits per heavy atom. The number of unbranched alkanes of at least 4 members (excludes halogenated alkanes) is 1. The molecule has 0 spiro atoms. The molecule has 2 unspecified atom stereocenters. The van der Waals surface area contributed by atoms with Gasteiger partial charge in [0.25, 0.3) is 0 Å². The highest BCUT2D eigenvalue weighted by Crippen LogP contribution is 2.37. The van der Waals surface area contributed by atoms with Crippen LogP contribution in [-0.4, -0.2) is 50.8 Å². The lowest BCUT2D eigenvalue weighted by Crippen LogP contribution is -2.29. The van der Waals surface area contributed by atoms with Gasteiger partial charge in [-0.25, -0.2) is 0 Å². The van der Waals surface area contributed by atoms with Crippen LogP contribution in [0.2, 0.25) is 0 Å². The summed E-state index contributed by atoms with van der Waals surface area (Å²) >= 11 is 0. The van der Waals surface area contributed by atoms with Gasteiger partial charge in [-0.05, 0) is 36.8 Å². The lowest BCUT2D eigenvalue weighted by atomic mass is 9.89. The maximum atomic E-state index is 10.5. The predicted octanol–water partition coefficient (Wildman–Crippen LogP) is 2.47. The molecular formula is C23H30O6. The molecule has 6 heteroatoms. The number of benzene rings is 1. The standard InChI is InChI=1S/C23H30O6/c24-18(22-13-15-7-5-6-9-21(15)29-22)12-11-17-16(19(25)14-20(17)26)8-3-1-2-4-10-23(27)28/h1,3,5-7,9,11-12,16-20,22,24-26H,2,4,8,10,13-14H2,(H,27,28)/b3-1-,12-11+/t16-,17?,18+,19+,20-,22?/m1/s1. The third-order valence-electron chi connectivity index (χ3n) is 5.84. The third-order valence-corrected chi connectivity index (χ3v) is 5.84. The molecule has 6 nitrogen and oxygen atoms in total. The van der Waals surface area contributed by atoms with Crippen molar-refractivity contribution in [2.45, 2.75) is 62.9 Å². The van der Waals surface area contributed by atoms with Crippen LogP contribution in [0.5, 0.6) is 5.75 Å². The summed E-state index contributed by atoms with van der Waals surface area (Å²) < 4.78 is 5.81. The van der Waals surface area contributed by atoms with Crippen LogP contribution >= 0.6 is 0 Å². The first-order chi connectivity index (χ1) is 14.0. The third kappa shape index (κ3) is 5.69. The summed E-state index contributed by atoms with van der Waals surface area (Å²) in [7, 11) is 0. The Morgan fingerprint density at radius 2 is 2.00 bits per heavy atom. The number of carboxylic acids is 1. The van der Waals surface area contributed by atoms with Crippen molar-refractivity contribution in [3.05, 3.63) is 54.1 Å². The van der Waals surface area contributed by atoms with Crippen LogP contribution in [0.15, 0.2) is 48.6 Å². The van der Waals surface area contributed by atoms with E-state index in [0.29, 0.717) is 32.1 Å². The van der Waals surface area contributed by atoms with E-state index in [2.05, 4.69) is 0 Å². The number of rotatable bonds is 9. The molecule has 2 aliphatic rings. The fraction of sp³-hybridized carbons (Fsp3) is 0.522. The Hall–Kier alpha value is -2.15. The molecule has 0 saturated heterocycles. The Bertz CT molecular complexity index is 718. The zero-order valence-corrected chi connectivity index (χ0v) is 16.4. The van der Waals surface area contributed by atoms with E-state index in [1.165, 1.54) is 0 Å². The van der Waals surface area contributed by atoms with Crippen LogP contribution < -0.4 is 4.74 Å². The smallest absolute Gasteiger partial charge is 0.303 e. The van der Waals surface area contributed by atoms with Gasteiger partial charge in [0.05, 0.1) is 12.2 Å². The number of hydrogen-bond donors (Lipinski definition) is 4. The molecule has 0 bridgehead atoms. The van der Waals surface area contributed by atoms with Crippen molar-refractivity contribution >= 4 is 5.97 Å². The number of aliphatic hydroxyl groups is 3. The van der Waals surface area contributed by atoms with E-state index < -0.39 is 24.3 Å². The molecule has 1 heterocycles. The van der Waals surface area contributed by atoms with Gasteiger partial charge in [0, 0.05) is 25.2 Å². The van der Waals surface area contributed by atoms with E-state index in [-0.39, 0.29) is 24.4 Å². The van der Waals surface area contributed by atoms with Crippen molar-refractivity contribution in [1.29, 1.82) is 0 Å². The summed E-state index contributed by atoms with van der Waals surface area (Å²) in [6, 6.07) is 7.73. The van der Waals surface area contributed by atoms with E-state index in [0.717, 1.165) is 11.3 Å². The summed E-state index contributed by atoms with van der Waals surface area (Å²) in [6.45, 7) is 0. The number of para-hydroxylation sites is 1. The molecule has 1 aromatic rings. The van der Waals surface area contributed by atoms with Gasteiger partial charge in [0.1, 0.15) is 18.0 Å². The fourth-order valence-electron chi connectivity index (χ4n) is 4.21. The second-order valence-corrected chi connectivity index (χ2v) is 7.95. The Morgan fingerprint density at radius 1 is 1.21 bits per heavy atom. The molecule has 0 radical (unpaired) electrons. The first-order valence-corrected chi connectivity index (χ1v) is 10.3. The van der Waals surface area contributed by atoms with Crippen molar-refractivity contribution < 1.29 is 30.0 Å². The van der Waals surface area contributed by atoms with Gasteiger partial charge in [0.2, 0.25) is 0 Å². The first kappa shape index (κ1) is 21.6. The minimum atomic E-state index is -0.800. The number of aliphatic carboxylic acids is 1. The van der Waals surface area contributed by atoms with Gasteiger partial charge in [-0.3, -0.25) is 4.79 Å². The summed E-state index contributed by atoms with van der Waals surface area (Å²) in [5, 5.41) is 39.8. The highest BCUT2D eigenvalue weighted by atomic mass is 16.5. The van der Waals surface area contributed by atoms with Crippen molar-refractivity contribution in [2.24, 2.45) is 11.8 Å². The molecule has 1 saturated carbocycles. The van der Waals surface area contributed by atoms with Gasteiger partial charge in [-0.1, -0.05) is 42.5 Å². The van der Waals surface area contributed by atoms with Crippen LogP contribution in [0, 0.1) is 11.8 Å². The highest BCUT2D eigenvalue weighted by molar-refractivity contribution is 5.66. The summed E-state index contributed by atoms with van der Waals surface area (Å²) in [5.41, 5.74) is 1.08. The lowest BCUT2D eigenvalue weighted by molar-refractivity contribution is -0.137. The van der Waals surface area contributed by atoms with Crippen LogP contribution in [0.4, 0.5) is 0 Å². The second-order valence-electron chi connectivity index (χ2n) is 7.95. The number of ether oxygens (including phenoxy) is 1. The van der Waals surface area contributed by atoms with Gasteiger partial charge in [-0.2, -0.15) is 0 Å². The largest absolute Gasteiger partial charge is 0.487 e. The summed E-state index contributed by atoms with van der Waals surface area (Å²) in [6.07, 6.45) is 7.92. The molecule has 1 aliphatic carbocycles. The van der Waals surface area contributed by atoms with E-state index >= 15 is 0 Å². The summed E-state index contributed by atoms with van der Waals surface area (Å²) in [5.74, 6) is -0.379. The van der Waals surface area contributed by atoms with Gasteiger partial charge < -0.3 is 25.2 Å². The number of aliphatic hydroxyl groups excluding tert-OH is 3. The maximum absolute atomic E-state index is 10.5. The second kappa shape index (κ2) is 10.1. The predicted molar refractivity (Wildman–Crippen MR) is 109 cm³/mol. The zero-order chi connectivity index (χ0) is 20.8. The minimum Gasteiger partial charge on any atom is -0.487 e. The normalized spacial score (nSPS) is 30.0. The van der Waals surface area contributed by atoms with Crippen molar-refractivity contribution in [3.8, 4) is 5.75 Å². The number of hydrogen-bond acceptors (Lipinski definition) is 5. The quantitative estimate of drug-likeness (QED) is 0.373. The number of carbonyl (C=O) groups is 1. The fourth-order valence-corrected chi connectivity index (χ4v) is 4.21. The minimum absolute atomic E-state index is 0.133. The molecule has 1 aromatic carbocycles. The lowest BCUT2D eigenvalue weighted by Gasteiger charge is -2.20. The molecule has 6 atom stereocenters. The van der Waals surface area contributed by atoms with Crippen LogP contribution in [0.25, 0.3) is 0 Å². The molecular weight excluding hydrogens is 372 g/mol. The van der Waals surface area contributed by atoms with E-state index in [9.17, 15) is 20.1 Å². The molecule has 3 rings (SSSR count). The number of fused-ring (bicyclic) bond motifs is 1. The van der Waals surface area contributed by atoms with E-state index in [1.807, 2.05) is 36.4 Å². The van der Waals surface area contributed by atoms with Gasteiger partial charge in [0.15, 0.2) is 0 Å². The van der Waals surface area contributed by atoms with Crippen molar-refractivity contribution in [1.82, 2.24) is 0 Å². The zero-order valence-electron chi connectivity index (χ0n) is 16.4. The van der Waals surface area contributed by atoms with Crippen LogP contribution in [-0.2, 0) is 11.2 Å². The Balaban J connectivity index is 1.53. The molecule has 4 N–H and O–H groups in total. The SMILES string of the molecule is O=C(O)CCC/C=C\C[C@@H]1C(/C=C/[C@H](O)C2Cc3ccccc3O2)[C@H](O)C[C@@H]1O. The molecule has 0 amide bonds. The molecule has 1 aliphatic heterocycles. The topological polar surface area (TPSA) is 107 Å². The highest BCUT2D eigenvalue weighted by Gasteiger charge is 2.39. The monoisotopic (exact) mass is 402 g/mol. The van der Waals surface area contributed by atoms with Crippen LogP contribution in [0.1, 0.15) is 37.7 Å². The van der Waals surface area contributed by atoms with Crippen molar-refractivity contribution in [3.63, 3.8) is 0 Å². The average molecular weight is 402 g/mol. The summed E-state index contributed by atoms with van der Waals surface area (Å²) in [4.78, 5) is 10.5. The van der Waals surface area contributed by atoms with Gasteiger partial charge >= 0.3 is 5.97 Å². The molecule has 158 valence electrons. The number of carboxylic acid groups (broad SMARTS) is 1. The first-order valence-electron chi connectivity index (χ1n) is 10.3. The Labute approximate surface area is 171 Å². The average Bonchev–Trinajstić information content (AvgIpc) is 3.23. The van der Waals surface area contributed by atoms with Crippen molar-refractivity contribution in [2.75, 3.05) is 0 Å². The van der Waals surface area contributed by atoms with E-state index in [4.69, 9.17) is 9.84 Å². The molecule has 1 fully saturated rings. The Kier molecular flexibility index (Phi) is 7.47. The number of allylic oxidation sites excluding steroid dienone is 2.